The summed E-state index contributed by atoms with van der Waals surface area (Å²) in [6.07, 6.45) is 4.75. The molecule has 144 valence electrons. The minimum Gasteiger partial charge on any atom is -0.479 e. The Morgan fingerprint density at radius 3 is 2.55 bits per heavy atom. The summed E-state index contributed by atoms with van der Waals surface area (Å²) in [5.74, 6) is -0.0941. The summed E-state index contributed by atoms with van der Waals surface area (Å²) in [4.78, 5) is 25.4. The fourth-order valence-electron chi connectivity index (χ4n) is 2.83. The van der Waals surface area contributed by atoms with Crippen molar-refractivity contribution in [1.29, 1.82) is 0 Å². The number of nitrogens with zero attached hydrogens (tertiary/aromatic N) is 6. The highest BCUT2D eigenvalue weighted by Gasteiger charge is 2.21. The Labute approximate surface area is 166 Å². The van der Waals surface area contributed by atoms with E-state index in [2.05, 4.69) is 30.6 Å². The maximum absolute atomic E-state index is 13.0. The van der Waals surface area contributed by atoms with Crippen molar-refractivity contribution in [2.24, 2.45) is 0 Å². The van der Waals surface area contributed by atoms with Gasteiger partial charge >= 0.3 is 0 Å². The minimum absolute atomic E-state index is 0.274. The largest absolute Gasteiger partial charge is 0.479 e. The number of carbonyl (C=O) groups excluding carboxylic acids is 1. The average molecular weight is 387 g/mol. The molecule has 0 radical (unpaired) electrons. The first-order valence-electron chi connectivity index (χ1n) is 8.77. The minimum atomic E-state index is -0.368. The van der Waals surface area contributed by atoms with Crippen LogP contribution in [0.5, 0.6) is 5.88 Å². The lowest BCUT2D eigenvalue weighted by Gasteiger charge is -2.12. The van der Waals surface area contributed by atoms with E-state index in [1.165, 1.54) is 18.1 Å². The van der Waals surface area contributed by atoms with Gasteiger partial charge in [0.15, 0.2) is 5.69 Å². The molecule has 0 spiro atoms. The Kier molecular flexibility index (Phi) is 4.93. The normalized spacial score (nSPS) is 10.6. The number of hydrogen-bond acceptors (Lipinski definition) is 7. The summed E-state index contributed by atoms with van der Waals surface area (Å²) < 4.78 is 6.87. The predicted octanol–water partition coefficient (Wildman–Crippen LogP) is 2.69. The molecular formula is C20H17N7O2. The van der Waals surface area contributed by atoms with E-state index < -0.39 is 0 Å². The van der Waals surface area contributed by atoms with Gasteiger partial charge in [0.25, 0.3) is 5.91 Å². The smallest absolute Gasteiger partial charge is 0.276 e. The molecular weight excluding hydrogens is 370 g/mol. The lowest BCUT2D eigenvalue weighted by atomic mass is 10.2. The Morgan fingerprint density at radius 1 is 1.07 bits per heavy atom. The third-order valence-corrected chi connectivity index (χ3v) is 4.21. The number of rotatable bonds is 5. The van der Waals surface area contributed by atoms with Gasteiger partial charge in [0.05, 0.1) is 24.2 Å². The molecule has 29 heavy (non-hydrogen) atoms. The molecule has 0 unspecified atom stereocenters. The van der Waals surface area contributed by atoms with Crippen molar-refractivity contribution in [3.05, 3.63) is 72.6 Å². The second-order valence-electron chi connectivity index (χ2n) is 6.11. The molecule has 0 atom stereocenters. The summed E-state index contributed by atoms with van der Waals surface area (Å²) >= 11 is 0. The molecule has 3 aromatic heterocycles. The standard InChI is InChI=1S/C20H17N7O2/c1-13-18(27(26-25-13)15-6-4-3-5-7-15)19(28)23-17-9-8-16(24-20(17)29-2)14-10-21-12-22-11-14/h3-12H,1-2H3,(H,23,28). The zero-order chi connectivity index (χ0) is 20.2. The summed E-state index contributed by atoms with van der Waals surface area (Å²) in [5, 5.41) is 11.0. The van der Waals surface area contributed by atoms with E-state index in [-0.39, 0.29) is 11.8 Å². The molecule has 0 saturated heterocycles. The van der Waals surface area contributed by atoms with Crippen molar-refractivity contribution >= 4 is 11.6 Å². The van der Waals surface area contributed by atoms with Gasteiger partial charge in [0.2, 0.25) is 5.88 Å². The van der Waals surface area contributed by atoms with Gasteiger partial charge in [-0.3, -0.25) is 4.79 Å². The number of nitrogens with one attached hydrogen (secondary N) is 1. The van der Waals surface area contributed by atoms with E-state index in [4.69, 9.17) is 4.74 Å². The van der Waals surface area contributed by atoms with Crippen LogP contribution in [0.3, 0.4) is 0 Å². The quantitative estimate of drug-likeness (QED) is 0.561. The number of benzene rings is 1. The van der Waals surface area contributed by atoms with Crippen LogP contribution in [0.2, 0.25) is 0 Å². The number of aryl methyl sites for hydroxylation is 1. The molecule has 4 aromatic rings. The number of amides is 1. The van der Waals surface area contributed by atoms with E-state index in [1.807, 2.05) is 30.3 Å². The molecule has 0 aliphatic carbocycles. The van der Waals surface area contributed by atoms with Gasteiger partial charge in [0, 0.05) is 18.0 Å². The maximum atomic E-state index is 13.0. The van der Waals surface area contributed by atoms with Crippen molar-refractivity contribution in [3.63, 3.8) is 0 Å². The first-order chi connectivity index (χ1) is 14.2. The van der Waals surface area contributed by atoms with Crippen molar-refractivity contribution in [2.75, 3.05) is 12.4 Å². The highest BCUT2D eigenvalue weighted by Crippen LogP contribution is 2.27. The second kappa shape index (κ2) is 7.85. The Bertz CT molecular complexity index is 1140. The van der Waals surface area contributed by atoms with Crippen LogP contribution in [0.25, 0.3) is 16.9 Å². The molecule has 4 rings (SSSR count). The molecule has 1 aromatic carbocycles. The zero-order valence-electron chi connectivity index (χ0n) is 15.8. The van der Waals surface area contributed by atoms with E-state index in [0.29, 0.717) is 22.8 Å². The summed E-state index contributed by atoms with van der Waals surface area (Å²) in [5.41, 5.74) is 3.38. The number of para-hydroxylation sites is 1. The average Bonchev–Trinajstić information content (AvgIpc) is 3.16. The fourth-order valence-corrected chi connectivity index (χ4v) is 2.83. The second-order valence-corrected chi connectivity index (χ2v) is 6.11. The fraction of sp³-hybridized carbons (Fsp3) is 0.100. The number of aromatic nitrogens is 6. The number of ether oxygens (including phenoxy) is 1. The SMILES string of the molecule is COc1nc(-c2cncnc2)ccc1NC(=O)c1c(C)nnn1-c1ccccc1. The summed E-state index contributed by atoms with van der Waals surface area (Å²) in [7, 11) is 1.49. The van der Waals surface area contributed by atoms with Crippen LogP contribution in [0, 0.1) is 6.92 Å². The number of carbonyl (C=O) groups is 1. The van der Waals surface area contributed by atoms with Crippen molar-refractivity contribution in [3.8, 4) is 22.8 Å². The molecule has 0 aliphatic rings. The van der Waals surface area contributed by atoms with Gasteiger partial charge in [-0.25, -0.2) is 19.6 Å². The molecule has 3 heterocycles. The topological polar surface area (TPSA) is 108 Å². The van der Waals surface area contributed by atoms with Crippen LogP contribution >= 0.6 is 0 Å². The Balaban J connectivity index is 1.65. The Hall–Kier alpha value is -4.14. The molecule has 0 aliphatic heterocycles. The van der Waals surface area contributed by atoms with E-state index >= 15 is 0 Å². The third-order valence-electron chi connectivity index (χ3n) is 4.21. The van der Waals surface area contributed by atoms with Gasteiger partial charge in [-0.2, -0.15) is 0 Å². The van der Waals surface area contributed by atoms with Crippen LogP contribution < -0.4 is 10.1 Å². The maximum Gasteiger partial charge on any atom is 0.276 e. The zero-order valence-corrected chi connectivity index (χ0v) is 15.8. The number of pyridine rings is 1. The summed E-state index contributed by atoms with van der Waals surface area (Å²) in [6.45, 7) is 1.73. The van der Waals surface area contributed by atoms with Gasteiger partial charge in [-0.15, -0.1) is 5.10 Å². The van der Waals surface area contributed by atoms with Crippen LogP contribution in [-0.4, -0.2) is 43.0 Å². The molecule has 0 saturated carbocycles. The predicted molar refractivity (Wildman–Crippen MR) is 106 cm³/mol. The van der Waals surface area contributed by atoms with Crippen molar-refractivity contribution < 1.29 is 9.53 Å². The Morgan fingerprint density at radius 2 is 1.83 bits per heavy atom. The van der Waals surface area contributed by atoms with E-state index in [9.17, 15) is 4.79 Å². The lowest BCUT2D eigenvalue weighted by Crippen LogP contribution is -2.18. The highest BCUT2D eigenvalue weighted by atomic mass is 16.5. The van der Waals surface area contributed by atoms with Crippen LogP contribution in [0.1, 0.15) is 16.2 Å². The lowest BCUT2D eigenvalue weighted by molar-refractivity contribution is 0.101. The van der Waals surface area contributed by atoms with Crippen LogP contribution in [-0.2, 0) is 0 Å². The molecule has 0 bridgehead atoms. The molecule has 1 N–H and O–H groups in total. The van der Waals surface area contributed by atoms with Gasteiger partial charge in [-0.05, 0) is 31.2 Å². The highest BCUT2D eigenvalue weighted by molar-refractivity contribution is 6.04. The third kappa shape index (κ3) is 3.65. The van der Waals surface area contributed by atoms with Crippen LogP contribution in [0.15, 0.2) is 61.2 Å². The van der Waals surface area contributed by atoms with E-state index in [1.54, 1.807) is 31.5 Å². The van der Waals surface area contributed by atoms with Crippen molar-refractivity contribution in [1.82, 2.24) is 29.9 Å². The number of anilines is 1. The first kappa shape index (κ1) is 18.2. The van der Waals surface area contributed by atoms with E-state index in [0.717, 1.165) is 11.3 Å². The van der Waals surface area contributed by atoms with Crippen molar-refractivity contribution in [2.45, 2.75) is 6.92 Å². The van der Waals surface area contributed by atoms with Gasteiger partial charge < -0.3 is 10.1 Å². The van der Waals surface area contributed by atoms with Gasteiger partial charge in [0.1, 0.15) is 12.0 Å². The van der Waals surface area contributed by atoms with Gasteiger partial charge in [-0.1, -0.05) is 23.4 Å². The number of hydrogen-bond donors (Lipinski definition) is 1. The monoisotopic (exact) mass is 387 g/mol. The molecule has 9 heteroatoms. The van der Waals surface area contributed by atoms with Crippen LogP contribution in [0.4, 0.5) is 5.69 Å². The number of methoxy groups -OCH3 is 1. The molecule has 9 nitrogen and oxygen atoms in total. The first-order valence-corrected chi connectivity index (χ1v) is 8.77. The summed E-state index contributed by atoms with van der Waals surface area (Å²) in [6, 6.07) is 12.8. The molecule has 0 fully saturated rings. The molecule has 1 amide bonds.